The predicted molar refractivity (Wildman–Crippen MR) is 271 cm³/mol. The lowest BCUT2D eigenvalue weighted by Gasteiger charge is -2.22. The third kappa shape index (κ3) is 6.39. The number of nitrogens with zero attached hydrogens (tertiary/aromatic N) is 2. The first kappa shape index (κ1) is 38.0. The van der Waals surface area contributed by atoms with Crippen LogP contribution in [0.1, 0.15) is 25.0 Å². The van der Waals surface area contributed by atoms with Gasteiger partial charge in [0.15, 0.2) is 5.82 Å². The Hall–Kier alpha value is -7.72. The molecule has 0 saturated carbocycles. The van der Waals surface area contributed by atoms with E-state index in [9.17, 15) is 0 Å². The van der Waals surface area contributed by atoms with Crippen LogP contribution in [0.2, 0.25) is 0 Å². The molecule has 0 aliphatic heterocycles. The van der Waals surface area contributed by atoms with Crippen LogP contribution >= 0.6 is 11.3 Å². The fourth-order valence-corrected chi connectivity index (χ4v) is 11.2. The average molecular weight is 835 g/mol. The first-order valence-electron chi connectivity index (χ1n) is 22.0. The van der Waals surface area contributed by atoms with Crippen LogP contribution in [-0.2, 0) is 5.41 Å². The minimum absolute atomic E-state index is 0.110. The van der Waals surface area contributed by atoms with Gasteiger partial charge in [0, 0.05) is 42.3 Å². The Balaban J connectivity index is 1.08. The van der Waals surface area contributed by atoms with Crippen LogP contribution in [0.3, 0.4) is 0 Å². The van der Waals surface area contributed by atoms with Gasteiger partial charge in [0.05, 0.1) is 11.4 Å². The van der Waals surface area contributed by atoms with Gasteiger partial charge in [0.25, 0.3) is 0 Å². The molecule has 2 heterocycles. The quantitative estimate of drug-likeness (QED) is 0.160. The van der Waals surface area contributed by atoms with Gasteiger partial charge in [0.1, 0.15) is 0 Å². The average Bonchev–Trinajstić information content (AvgIpc) is 3.86. The van der Waals surface area contributed by atoms with Crippen LogP contribution in [0.25, 0.3) is 110 Å². The Morgan fingerprint density at radius 3 is 1.62 bits per heavy atom. The minimum atomic E-state index is -0.110. The van der Waals surface area contributed by atoms with Gasteiger partial charge in [-0.1, -0.05) is 196 Å². The highest BCUT2D eigenvalue weighted by Gasteiger charge is 2.35. The number of fused-ring (bicyclic) bond motifs is 6. The molecule has 3 heteroatoms. The van der Waals surface area contributed by atoms with Gasteiger partial charge < -0.3 is 0 Å². The van der Waals surface area contributed by atoms with E-state index < -0.39 is 0 Å². The summed E-state index contributed by atoms with van der Waals surface area (Å²) in [5.41, 5.74) is 19.4. The number of rotatable bonds is 7. The fourth-order valence-electron chi connectivity index (χ4n) is 9.94. The van der Waals surface area contributed by atoms with Crippen molar-refractivity contribution in [1.29, 1.82) is 0 Å². The number of thiophene rings is 1. The van der Waals surface area contributed by atoms with Crippen molar-refractivity contribution in [2.24, 2.45) is 0 Å². The standard InChI is InChI=1S/C61H42N2S/c1-61(2)54-30-15-13-25-49(54)50-33-32-41(37-55(50)61)46-23-11-12-26-51(46)57-38-56(62-60(63-57)40-20-7-4-8-21-40)44-35-42(47-24-10-9-22-45(47)39-18-5-3-6-19-39)34-43(36-44)48-28-17-29-53-52-27-14-16-31-58(52)64-59(48)53/h3-38H,1-2H3. The number of aromatic nitrogens is 2. The second kappa shape index (κ2) is 15.3. The first-order valence-corrected chi connectivity index (χ1v) is 22.8. The molecule has 2 aromatic heterocycles. The van der Waals surface area contributed by atoms with Crippen LogP contribution in [0.15, 0.2) is 218 Å². The Bertz CT molecular complexity index is 3580. The van der Waals surface area contributed by atoms with E-state index in [-0.39, 0.29) is 5.41 Å². The van der Waals surface area contributed by atoms with Crippen LogP contribution in [-0.4, -0.2) is 9.97 Å². The Morgan fingerprint density at radius 2 is 0.859 bits per heavy atom. The van der Waals surface area contributed by atoms with Crippen molar-refractivity contribution in [3.05, 3.63) is 230 Å². The Labute approximate surface area is 377 Å². The second-order valence-corrected chi connectivity index (χ2v) is 18.3. The van der Waals surface area contributed by atoms with Gasteiger partial charge in [-0.05, 0) is 103 Å². The largest absolute Gasteiger partial charge is 0.228 e. The van der Waals surface area contributed by atoms with E-state index in [0.717, 1.165) is 44.8 Å². The highest BCUT2D eigenvalue weighted by molar-refractivity contribution is 7.26. The van der Waals surface area contributed by atoms with Crippen molar-refractivity contribution in [3.63, 3.8) is 0 Å². The zero-order valence-electron chi connectivity index (χ0n) is 35.6. The van der Waals surface area contributed by atoms with Crippen molar-refractivity contribution >= 4 is 31.5 Å². The maximum Gasteiger partial charge on any atom is 0.160 e. The smallest absolute Gasteiger partial charge is 0.160 e. The molecule has 0 saturated heterocycles. The summed E-state index contributed by atoms with van der Waals surface area (Å²) < 4.78 is 2.57. The molecule has 0 unspecified atom stereocenters. The molecule has 2 nitrogen and oxygen atoms in total. The van der Waals surface area contributed by atoms with Crippen LogP contribution in [0.5, 0.6) is 0 Å². The predicted octanol–water partition coefficient (Wildman–Crippen LogP) is 16.8. The van der Waals surface area contributed by atoms with Gasteiger partial charge in [-0.25, -0.2) is 9.97 Å². The van der Waals surface area contributed by atoms with Crippen LogP contribution in [0.4, 0.5) is 0 Å². The molecule has 0 fully saturated rings. The summed E-state index contributed by atoms with van der Waals surface area (Å²) >= 11 is 1.86. The second-order valence-electron chi connectivity index (χ2n) is 17.3. The van der Waals surface area contributed by atoms with Crippen molar-refractivity contribution in [1.82, 2.24) is 9.97 Å². The molecule has 12 rings (SSSR count). The van der Waals surface area contributed by atoms with E-state index in [1.807, 2.05) is 17.4 Å². The summed E-state index contributed by atoms with van der Waals surface area (Å²) in [6.45, 7) is 4.69. The van der Waals surface area contributed by atoms with E-state index in [2.05, 4.69) is 226 Å². The van der Waals surface area contributed by atoms with Gasteiger partial charge in [-0.3, -0.25) is 0 Å². The van der Waals surface area contributed by atoms with Crippen LogP contribution in [0, 0.1) is 0 Å². The van der Waals surface area contributed by atoms with Gasteiger partial charge in [0.2, 0.25) is 0 Å². The number of benzene rings is 9. The minimum Gasteiger partial charge on any atom is -0.228 e. The normalized spacial score (nSPS) is 12.7. The van der Waals surface area contributed by atoms with E-state index in [0.29, 0.717) is 5.82 Å². The molecule has 1 aliphatic rings. The highest BCUT2D eigenvalue weighted by Crippen LogP contribution is 2.50. The topological polar surface area (TPSA) is 25.8 Å². The summed E-state index contributed by atoms with van der Waals surface area (Å²) in [5, 5.41) is 2.57. The molecular formula is C61H42N2S. The maximum absolute atomic E-state index is 5.43. The highest BCUT2D eigenvalue weighted by atomic mass is 32.1. The van der Waals surface area contributed by atoms with Crippen LogP contribution < -0.4 is 0 Å². The summed E-state index contributed by atoms with van der Waals surface area (Å²) in [6, 6.07) is 79.1. The third-order valence-corrected chi connectivity index (χ3v) is 14.3. The summed E-state index contributed by atoms with van der Waals surface area (Å²) in [5.74, 6) is 0.691. The molecule has 0 spiro atoms. The molecular weight excluding hydrogens is 793 g/mol. The van der Waals surface area contributed by atoms with Gasteiger partial charge >= 0.3 is 0 Å². The molecule has 0 atom stereocenters. The first-order chi connectivity index (χ1) is 31.5. The van der Waals surface area contributed by atoms with E-state index in [1.165, 1.54) is 70.2 Å². The molecule has 0 amide bonds. The molecule has 302 valence electrons. The van der Waals surface area contributed by atoms with Crippen molar-refractivity contribution in [2.75, 3.05) is 0 Å². The lowest BCUT2D eigenvalue weighted by Crippen LogP contribution is -2.14. The lowest BCUT2D eigenvalue weighted by molar-refractivity contribution is 0.660. The summed E-state index contributed by atoms with van der Waals surface area (Å²) in [4.78, 5) is 10.8. The Kier molecular flexibility index (Phi) is 9.06. The third-order valence-electron chi connectivity index (χ3n) is 13.1. The van der Waals surface area contributed by atoms with Gasteiger partial charge in [-0.2, -0.15) is 0 Å². The molecule has 0 radical (unpaired) electrons. The molecule has 9 aromatic carbocycles. The summed E-state index contributed by atoms with van der Waals surface area (Å²) in [7, 11) is 0. The summed E-state index contributed by atoms with van der Waals surface area (Å²) in [6.07, 6.45) is 0. The van der Waals surface area contributed by atoms with E-state index in [4.69, 9.17) is 9.97 Å². The molecule has 11 aromatic rings. The Morgan fingerprint density at radius 1 is 0.328 bits per heavy atom. The zero-order chi connectivity index (χ0) is 42.8. The monoisotopic (exact) mass is 834 g/mol. The molecule has 0 bridgehead atoms. The molecule has 0 N–H and O–H groups in total. The number of hydrogen-bond acceptors (Lipinski definition) is 3. The fraction of sp³-hybridized carbons (Fsp3) is 0.0492. The SMILES string of the molecule is CC1(C)c2ccccc2-c2ccc(-c3ccccc3-c3cc(-c4cc(-c5ccccc5-c5ccccc5)cc(-c5cccc6c5sc5ccccc56)c4)nc(-c4ccccc4)n3)cc21. The zero-order valence-corrected chi connectivity index (χ0v) is 36.4. The number of hydrogen-bond donors (Lipinski definition) is 0. The van der Waals surface area contributed by atoms with Gasteiger partial charge in [-0.15, -0.1) is 11.3 Å². The van der Waals surface area contributed by atoms with E-state index in [1.54, 1.807) is 0 Å². The molecule has 64 heavy (non-hydrogen) atoms. The van der Waals surface area contributed by atoms with E-state index >= 15 is 0 Å². The molecule has 1 aliphatic carbocycles. The van der Waals surface area contributed by atoms with Crippen molar-refractivity contribution in [2.45, 2.75) is 19.3 Å². The van der Waals surface area contributed by atoms with Crippen molar-refractivity contribution in [3.8, 4) is 89.5 Å². The maximum atomic E-state index is 5.43. The lowest BCUT2D eigenvalue weighted by atomic mass is 9.81. The van der Waals surface area contributed by atoms with Crippen molar-refractivity contribution < 1.29 is 0 Å².